The van der Waals surface area contributed by atoms with Crippen LogP contribution in [0.1, 0.15) is 52.4 Å². The number of hydrogen-bond acceptors (Lipinski definition) is 6. The van der Waals surface area contributed by atoms with Crippen molar-refractivity contribution in [3.05, 3.63) is 58.6 Å². The minimum Gasteiger partial charge on any atom is -0.486 e. The molecule has 0 saturated heterocycles. The highest BCUT2D eigenvalue weighted by Crippen LogP contribution is 2.41. The molecule has 1 aliphatic carbocycles. The van der Waals surface area contributed by atoms with Crippen molar-refractivity contribution < 1.29 is 37.0 Å². The van der Waals surface area contributed by atoms with Crippen LogP contribution >= 0.6 is 0 Å². The molecule has 4 N–H and O–H groups in total. The van der Waals surface area contributed by atoms with Crippen molar-refractivity contribution >= 4 is 22.8 Å². The van der Waals surface area contributed by atoms with Gasteiger partial charge in [0, 0.05) is 11.6 Å². The van der Waals surface area contributed by atoms with Crippen LogP contribution in [0.3, 0.4) is 0 Å². The van der Waals surface area contributed by atoms with Gasteiger partial charge in [0.2, 0.25) is 5.91 Å². The average Bonchev–Trinajstić information content (AvgIpc) is 3.32. The molecule has 0 saturated carbocycles. The number of ether oxygens (including phenoxy) is 1. The third-order valence-electron chi connectivity index (χ3n) is 5.95. The molecule has 0 unspecified atom stereocenters. The number of aromatic nitrogens is 1. The highest BCUT2D eigenvalue weighted by Gasteiger charge is 2.39. The number of pyridine rings is 1. The first-order valence-corrected chi connectivity index (χ1v) is 10.4. The lowest BCUT2D eigenvalue weighted by atomic mass is 10.0. The molecule has 0 aliphatic heterocycles. The van der Waals surface area contributed by atoms with Crippen LogP contribution in [0.25, 0.3) is 11.0 Å². The number of amides is 2. The topological polar surface area (TPSA) is 128 Å². The van der Waals surface area contributed by atoms with E-state index in [-0.39, 0.29) is 23.3 Å². The summed E-state index contributed by atoms with van der Waals surface area (Å²) in [4.78, 5) is 28.1. The van der Waals surface area contributed by atoms with Crippen LogP contribution in [0.4, 0.5) is 13.2 Å². The van der Waals surface area contributed by atoms with Crippen molar-refractivity contribution in [3.63, 3.8) is 0 Å². The molecule has 34 heavy (non-hydrogen) atoms. The van der Waals surface area contributed by atoms with Crippen molar-refractivity contribution in [1.29, 1.82) is 0 Å². The number of nitrogens with two attached hydrogens (primary N) is 1. The maximum absolute atomic E-state index is 13.3. The Labute approximate surface area is 191 Å². The number of halogens is 3. The number of hydrogen-bond donors (Lipinski definition) is 3. The molecule has 1 aliphatic rings. The Hall–Kier alpha value is -3.60. The lowest BCUT2D eigenvalue weighted by Gasteiger charge is -2.24. The second-order valence-electron chi connectivity index (χ2n) is 8.37. The number of nitrogens with zero attached hydrogens (tertiary/aromatic N) is 1. The van der Waals surface area contributed by atoms with Crippen molar-refractivity contribution in [2.24, 2.45) is 5.73 Å². The largest absolute Gasteiger partial charge is 0.486 e. The van der Waals surface area contributed by atoms with Crippen LogP contribution in [0.5, 0.6) is 5.75 Å². The number of alkyl halides is 3. The lowest BCUT2D eigenvalue weighted by molar-refractivity contribution is -0.141. The van der Waals surface area contributed by atoms with Gasteiger partial charge >= 0.3 is 6.18 Å². The second kappa shape index (κ2) is 8.32. The Morgan fingerprint density at radius 1 is 1.32 bits per heavy atom. The van der Waals surface area contributed by atoms with Crippen molar-refractivity contribution in [2.45, 2.75) is 44.5 Å². The van der Waals surface area contributed by atoms with Gasteiger partial charge in [-0.3, -0.25) is 14.6 Å². The molecule has 11 heteroatoms. The molecule has 2 aromatic heterocycles. The zero-order valence-electron chi connectivity index (χ0n) is 18.3. The average molecular weight is 477 g/mol. The molecule has 1 aromatic carbocycles. The van der Waals surface area contributed by atoms with Gasteiger partial charge in [0.05, 0.1) is 12.2 Å². The lowest BCUT2D eigenvalue weighted by Crippen LogP contribution is -2.57. The summed E-state index contributed by atoms with van der Waals surface area (Å²) in [5, 5.41) is 12.3. The van der Waals surface area contributed by atoms with Crippen molar-refractivity contribution in [2.75, 3.05) is 6.61 Å². The van der Waals surface area contributed by atoms with Crippen LogP contribution in [0.15, 0.2) is 34.9 Å². The summed E-state index contributed by atoms with van der Waals surface area (Å²) < 4.78 is 51.5. The summed E-state index contributed by atoms with van der Waals surface area (Å²) in [6.45, 7) is 2.16. The standard InChI is InChI=1S/C23H22F3N3O5/c1-11-18(20(31)29-22(2,10-30)21(27)32)15-9-12(3-5-17(15)33-11)34-16-6-4-14-13(16)7-8-28-19(14)23(24,25)26/h3,5,7-9,16,30H,4,6,10H2,1-2H3,(H2,27,32)(H,29,31)/t16-,22+/m1/s1. The van der Waals surface area contributed by atoms with E-state index in [1.807, 2.05) is 0 Å². The fourth-order valence-corrected chi connectivity index (χ4v) is 4.08. The molecule has 0 fully saturated rings. The van der Waals surface area contributed by atoms with E-state index in [1.54, 1.807) is 25.1 Å². The number of rotatable bonds is 6. The molecule has 2 amide bonds. The minimum absolute atomic E-state index is 0.120. The van der Waals surface area contributed by atoms with Gasteiger partial charge in [-0.1, -0.05) is 0 Å². The molecular formula is C23H22F3N3O5. The van der Waals surface area contributed by atoms with Gasteiger partial charge in [-0.25, -0.2) is 0 Å². The molecule has 2 heterocycles. The van der Waals surface area contributed by atoms with E-state index in [0.29, 0.717) is 28.7 Å². The Morgan fingerprint density at radius 3 is 2.71 bits per heavy atom. The number of nitrogens with one attached hydrogen (secondary N) is 1. The number of aliphatic hydroxyl groups excluding tert-OH is 1. The number of fused-ring (bicyclic) bond motifs is 2. The van der Waals surface area contributed by atoms with Crippen molar-refractivity contribution in [3.8, 4) is 5.75 Å². The van der Waals surface area contributed by atoms with Crippen LogP contribution in [-0.2, 0) is 17.4 Å². The molecule has 4 rings (SSSR count). The first kappa shape index (κ1) is 23.6. The van der Waals surface area contributed by atoms with Crippen LogP contribution in [0, 0.1) is 6.92 Å². The fraction of sp³-hybridized carbons (Fsp3) is 0.348. The van der Waals surface area contributed by atoms with E-state index in [4.69, 9.17) is 14.9 Å². The number of aliphatic hydroxyl groups is 1. The highest BCUT2D eigenvalue weighted by molar-refractivity contribution is 6.09. The van der Waals surface area contributed by atoms with Gasteiger partial charge in [-0.2, -0.15) is 13.2 Å². The predicted molar refractivity (Wildman–Crippen MR) is 114 cm³/mol. The SMILES string of the molecule is Cc1oc2ccc(O[C@@H]3CCc4c3ccnc4C(F)(F)F)cc2c1C(=O)N[C@@](C)(CO)C(N)=O. The maximum Gasteiger partial charge on any atom is 0.433 e. The number of carbonyl (C=O) groups excluding carboxylic acids is 2. The Morgan fingerprint density at radius 2 is 2.06 bits per heavy atom. The van der Waals surface area contributed by atoms with E-state index in [9.17, 15) is 27.9 Å². The molecule has 180 valence electrons. The van der Waals surface area contributed by atoms with E-state index in [1.165, 1.54) is 13.0 Å². The minimum atomic E-state index is -4.55. The summed E-state index contributed by atoms with van der Waals surface area (Å²) in [5.41, 5.74) is 3.74. The monoisotopic (exact) mass is 477 g/mol. The third-order valence-corrected chi connectivity index (χ3v) is 5.95. The quantitative estimate of drug-likeness (QED) is 0.500. The third kappa shape index (κ3) is 4.07. The molecule has 2 atom stereocenters. The van der Waals surface area contributed by atoms with Gasteiger partial charge in [-0.05, 0) is 62.1 Å². The van der Waals surface area contributed by atoms with E-state index in [2.05, 4.69) is 10.3 Å². The van der Waals surface area contributed by atoms with E-state index >= 15 is 0 Å². The fourth-order valence-electron chi connectivity index (χ4n) is 4.08. The van der Waals surface area contributed by atoms with Gasteiger partial charge in [0.15, 0.2) is 0 Å². The molecule has 3 aromatic rings. The number of aryl methyl sites for hydroxylation is 1. The summed E-state index contributed by atoms with van der Waals surface area (Å²) in [6.07, 6.45) is -3.53. The molecule has 0 bridgehead atoms. The first-order valence-electron chi connectivity index (χ1n) is 10.4. The molecular weight excluding hydrogens is 455 g/mol. The molecule has 8 nitrogen and oxygen atoms in total. The molecule has 0 spiro atoms. The van der Waals surface area contributed by atoms with Gasteiger partial charge in [0.1, 0.15) is 34.4 Å². The Balaban J connectivity index is 1.65. The second-order valence-corrected chi connectivity index (χ2v) is 8.37. The number of benzene rings is 1. The Bertz CT molecular complexity index is 1290. The van der Waals surface area contributed by atoms with E-state index in [0.717, 1.165) is 6.20 Å². The highest BCUT2D eigenvalue weighted by atomic mass is 19.4. The summed E-state index contributed by atoms with van der Waals surface area (Å²) in [5.74, 6) is -1.01. The predicted octanol–water partition coefficient (Wildman–Crippen LogP) is 3.19. The van der Waals surface area contributed by atoms with Crippen molar-refractivity contribution in [1.82, 2.24) is 10.3 Å². The number of carbonyl (C=O) groups is 2. The van der Waals surface area contributed by atoms with E-state index < -0.39 is 41.9 Å². The molecule has 0 radical (unpaired) electrons. The summed E-state index contributed by atoms with van der Waals surface area (Å²) in [6, 6.07) is 6.24. The zero-order valence-corrected chi connectivity index (χ0v) is 18.3. The number of furan rings is 1. The van der Waals surface area contributed by atoms with Gasteiger partial charge < -0.3 is 25.3 Å². The van der Waals surface area contributed by atoms with Crippen LogP contribution in [0.2, 0.25) is 0 Å². The smallest absolute Gasteiger partial charge is 0.433 e. The normalized spacial score (nSPS) is 17.3. The first-order chi connectivity index (χ1) is 15.9. The van der Waals surface area contributed by atoms with Gasteiger partial charge in [0.25, 0.3) is 5.91 Å². The summed E-state index contributed by atoms with van der Waals surface area (Å²) in [7, 11) is 0. The van der Waals surface area contributed by atoms with Crippen LogP contribution < -0.4 is 15.8 Å². The maximum atomic E-state index is 13.3. The Kier molecular flexibility index (Phi) is 5.76. The zero-order chi connectivity index (χ0) is 24.8. The van der Waals surface area contributed by atoms with Gasteiger partial charge in [-0.15, -0.1) is 0 Å². The number of primary amides is 1. The van der Waals surface area contributed by atoms with Crippen LogP contribution in [-0.4, -0.2) is 34.1 Å². The summed E-state index contributed by atoms with van der Waals surface area (Å²) >= 11 is 0.